The molecule has 1 aromatic rings. The van der Waals surface area contributed by atoms with Crippen molar-refractivity contribution < 1.29 is 13.2 Å². The lowest BCUT2D eigenvalue weighted by Crippen LogP contribution is -2.40. The number of rotatable bonds is 6. The first-order chi connectivity index (χ1) is 9.90. The molecule has 2 rings (SSSR count). The molecule has 1 unspecified atom stereocenters. The molecule has 1 aliphatic rings. The van der Waals surface area contributed by atoms with Gasteiger partial charge in [-0.2, -0.15) is 0 Å². The van der Waals surface area contributed by atoms with Gasteiger partial charge >= 0.3 is 0 Å². The largest absolute Gasteiger partial charge is 0.299 e. The van der Waals surface area contributed by atoms with Gasteiger partial charge in [-0.25, -0.2) is 13.1 Å². The van der Waals surface area contributed by atoms with E-state index in [1.807, 2.05) is 6.92 Å². The summed E-state index contributed by atoms with van der Waals surface area (Å²) in [5.74, 6) is -0.0745. The van der Waals surface area contributed by atoms with Gasteiger partial charge in [0.05, 0.1) is 4.90 Å². The van der Waals surface area contributed by atoms with Crippen molar-refractivity contribution in [3.05, 3.63) is 29.8 Å². The van der Waals surface area contributed by atoms with Crippen molar-refractivity contribution in [1.82, 2.24) is 9.62 Å². The van der Waals surface area contributed by atoms with Crippen LogP contribution in [-0.4, -0.2) is 44.8 Å². The molecule has 0 bridgehead atoms. The van der Waals surface area contributed by atoms with Crippen molar-refractivity contribution in [2.75, 3.05) is 19.6 Å². The lowest BCUT2D eigenvalue weighted by Gasteiger charge is -2.23. The Labute approximate surface area is 126 Å². The first-order valence-corrected chi connectivity index (χ1v) is 8.73. The Bertz CT molecular complexity index is 590. The topological polar surface area (TPSA) is 66.5 Å². The smallest absolute Gasteiger partial charge is 0.240 e. The van der Waals surface area contributed by atoms with Gasteiger partial charge in [-0.15, -0.1) is 0 Å². The van der Waals surface area contributed by atoms with Gasteiger partial charge in [0.25, 0.3) is 0 Å². The quantitative estimate of drug-likeness (QED) is 0.811. The number of hydrogen-bond donors (Lipinski definition) is 1. The van der Waals surface area contributed by atoms with E-state index in [9.17, 15) is 13.2 Å². The highest BCUT2D eigenvalue weighted by atomic mass is 32.2. The first-order valence-electron chi connectivity index (χ1n) is 7.25. The molecule has 5 nitrogen and oxygen atoms in total. The fraction of sp³-hybridized carbons (Fsp3) is 0.533. The molecule has 1 fully saturated rings. The summed E-state index contributed by atoms with van der Waals surface area (Å²) in [7, 11) is -3.52. The van der Waals surface area contributed by atoms with Crippen LogP contribution in [0.1, 0.15) is 37.0 Å². The number of ketones is 1. The van der Waals surface area contributed by atoms with Crippen LogP contribution in [0.2, 0.25) is 0 Å². The third-order valence-corrected chi connectivity index (χ3v) is 5.34. The molecular formula is C15H22N2O3S. The molecule has 0 aromatic heterocycles. The van der Waals surface area contributed by atoms with Crippen LogP contribution in [0, 0.1) is 0 Å². The van der Waals surface area contributed by atoms with Crippen molar-refractivity contribution in [1.29, 1.82) is 0 Å². The van der Waals surface area contributed by atoms with Crippen LogP contribution in [0.5, 0.6) is 0 Å². The zero-order valence-electron chi connectivity index (χ0n) is 12.5. The van der Waals surface area contributed by atoms with Crippen LogP contribution in [0.15, 0.2) is 29.2 Å². The minimum absolute atomic E-state index is 0.0745. The average molecular weight is 310 g/mol. The minimum atomic E-state index is -3.52. The van der Waals surface area contributed by atoms with Crippen LogP contribution in [-0.2, 0) is 10.0 Å². The Morgan fingerprint density at radius 2 is 1.81 bits per heavy atom. The molecular weight excluding hydrogens is 288 g/mol. The molecule has 116 valence electrons. The Morgan fingerprint density at radius 3 is 2.33 bits per heavy atom. The summed E-state index contributed by atoms with van der Waals surface area (Å²) < 4.78 is 27.1. The van der Waals surface area contributed by atoms with Crippen molar-refractivity contribution in [2.45, 2.75) is 37.6 Å². The number of Topliss-reactive ketones (excluding diaryl/α,β-unsaturated/α-hetero) is 1. The molecule has 0 saturated carbocycles. The van der Waals surface area contributed by atoms with Crippen molar-refractivity contribution in [2.24, 2.45) is 0 Å². The monoisotopic (exact) mass is 310 g/mol. The van der Waals surface area contributed by atoms with E-state index < -0.39 is 10.0 Å². The molecule has 1 atom stereocenters. The third-order valence-electron chi connectivity index (χ3n) is 3.90. The van der Waals surface area contributed by atoms with Crippen molar-refractivity contribution >= 4 is 15.8 Å². The highest BCUT2D eigenvalue weighted by Gasteiger charge is 2.21. The van der Waals surface area contributed by atoms with Crippen LogP contribution < -0.4 is 4.72 Å². The number of hydrogen-bond acceptors (Lipinski definition) is 4. The Balaban J connectivity index is 1.99. The second-order valence-corrected chi connectivity index (χ2v) is 7.29. The fourth-order valence-electron chi connectivity index (χ4n) is 2.49. The van der Waals surface area contributed by atoms with Gasteiger partial charge in [0.2, 0.25) is 10.0 Å². The summed E-state index contributed by atoms with van der Waals surface area (Å²) in [6, 6.07) is 6.22. The van der Waals surface area contributed by atoms with Gasteiger partial charge < -0.3 is 0 Å². The summed E-state index contributed by atoms with van der Waals surface area (Å²) >= 11 is 0. The Kier molecular flexibility index (Phi) is 5.13. The predicted molar refractivity (Wildman–Crippen MR) is 81.9 cm³/mol. The highest BCUT2D eigenvalue weighted by Crippen LogP contribution is 2.13. The predicted octanol–water partition coefficient (Wildman–Crippen LogP) is 1.65. The summed E-state index contributed by atoms with van der Waals surface area (Å²) in [5, 5.41) is 0. The van der Waals surface area contributed by atoms with E-state index in [4.69, 9.17) is 0 Å². The SMILES string of the molecule is CC(=O)c1ccc(S(=O)(=O)NCC(C)N2CCCC2)cc1. The third kappa shape index (κ3) is 4.12. The molecule has 1 aromatic carbocycles. The summed E-state index contributed by atoms with van der Waals surface area (Å²) in [6.45, 7) is 5.97. The molecule has 21 heavy (non-hydrogen) atoms. The molecule has 1 aliphatic heterocycles. The van der Waals surface area contributed by atoms with E-state index in [2.05, 4.69) is 9.62 Å². The van der Waals surface area contributed by atoms with Gasteiger partial charge in [-0.3, -0.25) is 9.69 Å². The minimum Gasteiger partial charge on any atom is -0.299 e. The molecule has 1 saturated heterocycles. The van der Waals surface area contributed by atoms with Crippen LogP contribution in [0.4, 0.5) is 0 Å². The molecule has 0 radical (unpaired) electrons. The van der Waals surface area contributed by atoms with E-state index in [-0.39, 0.29) is 16.7 Å². The van der Waals surface area contributed by atoms with Crippen molar-refractivity contribution in [3.8, 4) is 0 Å². The maximum atomic E-state index is 12.2. The molecule has 0 amide bonds. The zero-order chi connectivity index (χ0) is 15.5. The average Bonchev–Trinajstić information content (AvgIpc) is 2.99. The van der Waals surface area contributed by atoms with E-state index in [0.717, 1.165) is 13.1 Å². The van der Waals surface area contributed by atoms with E-state index in [1.165, 1.54) is 31.9 Å². The number of sulfonamides is 1. The number of benzene rings is 1. The second-order valence-electron chi connectivity index (χ2n) is 5.52. The van der Waals surface area contributed by atoms with Crippen LogP contribution >= 0.6 is 0 Å². The van der Waals surface area contributed by atoms with Gasteiger partial charge in [-0.05, 0) is 51.9 Å². The Hall–Kier alpha value is -1.24. The molecule has 6 heteroatoms. The summed E-state index contributed by atoms with van der Waals surface area (Å²) in [6.07, 6.45) is 2.37. The van der Waals surface area contributed by atoms with E-state index in [0.29, 0.717) is 12.1 Å². The normalized spacial score (nSPS) is 17.8. The van der Waals surface area contributed by atoms with E-state index >= 15 is 0 Å². The number of carbonyl (C=O) groups is 1. The fourth-order valence-corrected chi connectivity index (χ4v) is 3.62. The maximum Gasteiger partial charge on any atom is 0.240 e. The molecule has 0 spiro atoms. The van der Waals surface area contributed by atoms with Gasteiger partial charge in [0.15, 0.2) is 5.78 Å². The number of carbonyl (C=O) groups excluding carboxylic acids is 1. The second kappa shape index (κ2) is 6.68. The van der Waals surface area contributed by atoms with Gasteiger partial charge in [0, 0.05) is 18.2 Å². The van der Waals surface area contributed by atoms with E-state index in [1.54, 1.807) is 12.1 Å². The summed E-state index contributed by atoms with van der Waals surface area (Å²) in [5.41, 5.74) is 0.513. The van der Waals surface area contributed by atoms with Crippen molar-refractivity contribution in [3.63, 3.8) is 0 Å². The van der Waals surface area contributed by atoms with Gasteiger partial charge in [0.1, 0.15) is 0 Å². The highest BCUT2D eigenvalue weighted by molar-refractivity contribution is 7.89. The first kappa shape index (κ1) is 16.1. The number of nitrogens with one attached hydrogen (secondary N) is 1. The molecule has 1 N–H and O–H groups in total. The molecule has 1 heterocycles. The number of likely N-dealkylation sites (tertiary alicyclic amines) is 1. The standard InChI is InChI=1S/C15H22N2O3S/c1-12(17-9-3-4-10-17)11-16-21(19,20)15-7-5-14(6-8-15)13(2)18/h5-8,12,16H,3-4,9-11H2,1-2H3. The van der Waals surface area contributed by atoms with Gasteiger partial charge in [-0.1, -0.05) is 12.1 Å². The number of nitrogens with zero attached hydrogens (tertiary/aromatic N) is 1. The lowest BCUT2D eigenvalue weighted by atomic mass is 10.2. The van der Waals surface area contributed by atoms with Crippen LogP contribution in [0.25, 0.3) is 0 Å². The summed E-state index contributed by atoms with van der Waals surface area (Å²) in [4.78, 5) is 13.7. The zero-order valence-corrected chi connectivity index (χ0v) is 13.3. The van der Waals surface area contributed by atoms with Crippen LogP contribution in [0.3, 0.4) is 0 Å². The molecule has 0 aliphatic carbocycles. The Morgan fingerprint density at radius 1 is 1.24 bits per heavy atom. The maximum absolute atomic E-state index is 12.2. The lowest BCUT2D eigenvalue weighted by molar-refractivity contribution is 0.101.